The van der Waals surface area contributed by atoms with Gasteiger partial charge in [0.2, 0.25) is 10.6 Å². The van der Waals surface area contributed by atoms with Crippen LogP contribution in [-0.2, 0) is 4.74 Å². The Labute approximate surface area is 133 Å². The molecule has 1 aromatic carbocycles. The van der Waals surface area contributed by atoms with Crippen LogP contribution in [0.5, 0.6) is 0 Å². The summed E-state index contributed by atoms with van der Waals surface area (Å²) in [7, 11) is 0. The monoisotopic (exact) mass is 345 g/mol. The number of pyridine rings is 1. The summed E-state index contributed by atoms with van der Waals surface area (Å²) in [5.74, 6) is -3.35. The van der Waals surface area contributed by atoms with Crippen LogP contribution in [0.2, 0.25) is 0 Å². The number of aromatic nitrogens is 1. The number of fused-ring (bicyclic) bond motifs is 1. The molecule has 0 spiro atoms. The molecule has 0 radical (unpaired) electrons. The van der Waals surface area contributed by atoms with Gasteiger partial charge in [-0.2, -0.15) is 0 Å². The third-order valence-corrected chi connectivity index (χ3v) is 4.10. The van der Waals surface area contributed by atoms with Crippen LogP contribution in [0.15, 0.2) is 23.1 Å². The second kappa shape index (κ2) is 5.26. The molecular weight excluding hydrogens is 335 g/mol. The summed E-state index contributed by atoms with van der Waals surface area (Å²) in [5.41, 5.74) is -1.23. The first kappa shape index (κ1) is 15.9. The molecule has 4 nitrogen and oxygen atoms in total. The molecule has 122 valence electrons. The van der Waals surface area contributed by atoms with Gasteiger partial charge in [-0.1, -0.05) is 11.6 Å². The predicted octanol–water partition coefficient (Wildman–Crippen LogP) is 3.31. The molecule has 2 aromatic rings. The average Bonchev–Trinajstić information content (AvgIpc) is 3.10. The van der Waals surface area contributed by atoms with Crippen LogP contribution >= 0.6 is 11.6 Å². The highest BCUT2D eigenvalue weighted by Gasteiger charge is 2.56. The van der Waals surface area contributed by atoms with E-state index >= 15 is 0 Å². The Morgan fingerprint density at radius 3 is 2.61 bits per heavy atom. The minimum Gasteiger partial charge on any atom is -0.462 e. The molecule has 0 aliphatic heterocycles. The van der Waals surface area contributed by atoms with E-state index in [0.717, 1.165) is 12.3 Å². The van der Waals surface area contributed by atoms with Gasteiger partial charge in [0, 0.05) is 24.1 Å². The Hall–Kier alpha value is -2.02. The molecule has 1 aliphatic carbocycles. The summed E-state index contributed by atoms with van der Waals surface area (Å²) >= 11 is 5.60. The summed E-state index contributed by atoms with van der Waals surface area (Å²) in [5, 5.41) is -2.30. The number of alkyl halides is 2. The minimum absolute atomic E-state index is 0.0278. The Morgan fingerprint density at radius 1 is 1.43 bits per heavy atom. The fourth-order valence-electron chi connectivity index (χ4n) is 2.46. The smallest absolute Gasteiger partial charge is 0.343 e. The zero-order chi connectivity index (χ0) is 16.9. The van der Waals surface area contributed by atoms with Gasteiger partial charge in [0.1, 0.15) is 5.56 Å². The van der Waals surface area contributed by atoms with Gasteiger partial charge in [0.05, 0.1) is 18.2 Å². The molecule has 1 aliphatic rings. The summed E-state index contributed by atoms with van der Waals surface area (Å²) in [6.45, 7) is 1.58. The minimum atomic E-state index is -2.06. The molecule has 23 heavy (non-hydrogen) atoms. The van der Waals surface area contributed by atoms with Crippen LogP contribution < -0.4 is 5.43 Å². The number of halogens is 4. The first-order chi connectivity index (χ1) is 10.8. The number of hydrogen-bond donors (Lipinski definition) is 0. The van der Waals surface area contributed by atoms with Crippen LogP contribution in [0.4, 0.5) is 13.2 Å². The molecule has 8 heteroatoms. The van der Waals surface area contributed by atoms with Crippen molar-refractivity contribution in [2.75, 3.05) is 6.61 Å². The lowest BCUT2D eigenvalue weighted by molar-refractivity contribution is 0.0524. The number of nitrogens with zero attached hydrogens (tertiary/aromatic N) is 1. The van der Waals surface area contributed by atoms with E-state index in [9.17, 15) is 22.8 Å². The number of hydrogen-bond acceptors (Lipinski definition) is 3. The van der Waals surface area contributed by atoms with Gasteiger partial charge in [-0.25, -0.2) is 18.0 Å². The molecule has 3 rings (SSSR count). The lowest BCUT2D eigenvalue weighted by Gasteiger charge is -2.13. The van der Waals surface area contributed by atoms with Gasteiger partial charge in [0.15, 0.2) is 11.6 Å². The molecule has 0 saturated heterocycles. The maximum absolute atomic E-state index is 13.8. The Morgan fingerprint density at radius 2 is 2.04 bits per heavy atom. The summed E-state index contributed by atoms with van der Waals surface area (Å²) < 4.78 is 46.7. The van der Waals surface area contributed by atoms with Crippen molar-refractivity contribution in [1.82, 2.24) is 4.57 Å². The van der Waals surface area contributed by atoms with Gasteiger partial charge >= 0.3 is 5.97 Å². The Bertz CT molecular complexity index is 878. The van der Waals surface area contributed by atoms with E-state index in [1.165, 1.54) is 4.57 Å². The van der Waals surface area contributed by atoms with Crippen LogP contribution in [0.1, 0.15) is 29.7 Å². The zero-order valence-corrected chi connectivity index (χ0v) is 12.7. The van der Waals surface area contributed by atoms with Crippen molar-refractivity contribution < 1.29 is 22.7 Å². The van der Waals surface area contributed by atoms with Crippen LogP contribution in [0.3, 0.4) is 0 Å². The van der Waals surface area contributed by atoms with Gasteiger partial charge in [-0.05, 0) is 13.0 Å². The Balaban J connectivity index is 2.31. The molecule has 0 N–H and O–H groups in total. The maximum Gasteiger partial charge on any atom is 0.343 e. The molecule has 1 heterocycles. The molecule has 0 amide bonds. The largest absolute Gasteiger partial charge is 0.462 e. The molecule has 2 atom stereocenters. The van der Waals surface area contributed by atoms with Crippen LogP contribution in [0, 0.1) is 11.6 Å². The van der Waals surface area contributed by atoms with Gasteiger partial charge in [-0.3, -0.25) is 4.79 Å². The zero-order valence-electron chi connectivity index (χ0n) is 11.9. The topological polar surface area (TPSA) is 48.3 Å². The number of ether oxygens (including phenoxy) is 1. The van der Waals surface area contributed by atoms with Crippen molar-refractivity contribution in [1.29, 1.82) is 0 Å². The van der Waals surface area contributed by atoms with Crippen molar-refractivity contribution in [2.45, 2.75) is 24.5 Å². The maximum atomic E-state index is 13.8. The highest BCUT2D eigenvalue weighted by atomic mass is 35.5. The number of carbonyl (C=O) groups excluding carboxylic acids is 1. The van der Waals surface area contributed by atoms with E-state index in [1.54, 1.807) is 6.92 Å². The molecule has 0 bridgehead atoms. The highest BCUT2D eigenvalue weighted by molar-refractivity contribution is 6.25. The predicted molar refractivity (Wildman–Crippen MR) is 77.4 cm³/mol. The lowest BCUT2D eigenvalue weighted by atomic mass is 10.1. The third kappa shape index (κ3) is 2.59. The van der Waals surface area contributed by atoms with Crippen molar-refractivity contribution in [3.8, 4) is 0 Å². The quantitative estimate of drug-likeness (QED) is 0.633. The average molecular weight is 346 g/mol. The van der Waals surface area contributed by atoms with Gasteiger partial charge in [-0.15, -0.1) is 0 Å². The van der Waals surface area contributed by atoms with Crippen molar-refractivity contribution in [3.05, 3.63) is 45.8 Å². The lowest BCUT2D eigenvalue weighted by Crippen LogP contribution is -2.21. The number of esters is 1. The van der Waals surface area contributed by atoms with Gasteiger partial charge in [0.25, 0.3) is 0 Å². The van der Waals surface area contributed by atoms with Crippen LogP contribution in [-0.4, -0.2) is 22.3 Å². The van der Waals surface area contributed by atoms with Crippen LogP contribution in [0.25, 0.3) is 10.9 Å². The van der Waals surface area contributed by atoms with E-state index < -0.39 is 34.2 Å². The van der Waals surface area contributed by atoms with E-state index in [2.05, 4.69) is 0 Å². The fraction of sp³-hybridized carbons (Fsp3) is 0.333. The van der Waals surface area contributed by atoms with E-state index in [1.807, 2.05) is 0 Å². The SMILES string of the molecule is CCOC(=O)c1cn([C@@H]2C[C@]2(F)Cl)c2cc(F)c(F)cc2c1=O. The first-order valence-electron chi connectivity index (χ1n) is 6.85. The highest BCUT2D eigenvalue weighted by Crippen LogP contribution is 2.55. The summed E-state index contributed by atoms with van der Waals surface area (Å²) in [4.78, 5) is 24.2. The summed E-state index contributed by atoms with van der Waals surface area (Å²) in [6, 6.07) is 0.583. The fourth-order valence-corrected chi connectivity index (χ4v) is 2.71. The molecule has 1 fully saturated rings. The summed E-state index contributed by atoms with van der Waals surface area (Å²) in [6.07, 6.45) is 1.00. The van der Waals surface area contributed by atoms with Gasteiger partial charge < -0.3 is 9.30 Å². The van der Waals surface area contributed by atoms with Crippen molar-refractivity contribution in [3.63, 3.8) is 0 Å². The second-order valence-corrected chi connectivity index (χ2v) is 5.89. The standard InChI is InChI=1S/C15H11ClF3NO3/c1-2-23-14(22)8-6-20(12-5-15(12,16)19)11-4-10(18)9(17)3-7(11)13(8)21/h3-4,6,12H,2,5H2,1H3/t12-,15-/m1/s1. The Kier molecular flexibility index (Phi) is 3.63. The number of rotatable bonds is 3. The molecular formula is C15H11ClF3NO3. The number of benzene rings is 1. The third-order valence-electron chi connectivity index (χ3n) is 3.70. The van der Waals surface area contributed by atoms with Crippen molar-refractivity contribution >= 4 is 28.5 Å². The van der Waals surface area contributed by atoms with E-state index in [4.69, 9.17) is 16.3 Å². The number of carbonyl (C=O) groups is 1. The van der Waals surface area contributed by atoms with E-state index in [-0.39, 0.29) is 29.5 Å². The molecule has 1 aromatic heterocycles. The van der Waals surface area contributed by atoms with E-state index in [0.29, 0.717) is 6.07 Å². The first-order valence-corrected chi connectivity index (χ1v) is 7.23. The second-order valence-electron chi connectivity index (χ2n) is 5.26. The molecule has 0 unspecified atom stereocenters. The molecule has 1 saturated carbocycles. The normalized spacial score (nSPS) is 23.1. The van der Waals surface area contributed by atoms with Crippen molar-refractivity contribution in [2.24, 2.45) is 0 Å².